The van der Waals surface area contributed by atoms with Crippen molar-refractivity contribution in [3.63, 3.8) is 0 Å². The predicted molar refractivity (Wildman–Crippen MR) is 109 cm³/mol. The molecule has 0 radical (unpaired) electrons. The number of rotatable bonds is 6. The van der Waals surface area contributed by atoms with Crippen molar-refractivity contribution in [3.8, 4) is 28.5 Å². The van der Waals surface area contributed by atoms with Gasteiger partial charge in [0.05, 0.1) is 11.3 Å². The summed E-state index contributed by atoms with van der Waals surface area (Å²) >= 11 is 0. The zero-order chi connectivity index (χ0) is 24.7. The summed E-state index contributed by atoms with van der Waals surface area (Å²) in [6.45, 7) is 4.99. The fraction of sp³-hybridized carbons (Fsp3) is 0.227. The van der Waals surface area contributed by atoms with Crippen molar-refractivity contribution in [2.75, 3.05) is 0 Å². The molecule has 0 spiro atoms. The topological polar surface area (TPSA) is 119 Å². The number of aromatic carboxylic acids is 1. The molecule has 0 unspecified atom stereocenters. The Hall–Kier alpha value is -4.22. The van der Waals surface area contributed by atoms with Gasteiger partial charge in [-0.05, 0) is 51.1 Å². The zero-order valence-electron chi connectivity index (χ0n) is 18.1. The van der Waals surface area contributed by atoms with Crippen molar-refractivity contribution in [1.82, 2.24) is 25.1 Å². The predicted octanol–water partition coefficient (Wildman–Crippen LogP) is 3.46. The number of carbonyl (C=O) groups is 1. The minimum absolute atomic E-state index is 0.00916. The SMILES string of the molecule is Cc1c(-c2ccccc2C(F)(F)F)nnn1C(C)(C)Oc1ccc(-c2nc(C(=O)[O-])no2)cc1. The van der Waals surface area contributed by atoms with Gasteiger partial charge in [0.15, 0.2) is 5.72 Å². The summed E-state index contributed by atoms with van der Waals surface area (Å²) in [6.07, 6.45) is -4.54. The maximum atomic E-state index is 13.5. The number of halogens is 3. The second-order valence-electron chi connectivity index (χ2n) is 7.76. The van der Waals surface area contributed by atoms with Gasteiger partial charge in [0, 0.05) is 11.1 Å². The van der Waals surface area contributed by atoms with E-state index in [1.165, 1.54) is 22.9 Å². The van der Waals surface area contributed by atoms with Gasteiger partial charge in [0.25, 0.3) is 5.89 Å². The highest BCUT2D eigenvalue weighted by Crippen LogP contribution is 2.38. The Morgan fingerprint density at radius 3 is 2.38 bits per heavy atom. The van der Waals surface area contributed by atoms with Crippen LogP contribution in [0.2, 0.25) is 0 Å². The second kappa shape index (κ2) is 8.28. The lowest BCUT2D eigenvalue weighted by Crippen LogP contribution is -2.35. The maximum absolute atomic E-state index is 13.5. The lowest BCUT2D eigenvalue weighted by atomic mass is 10.0. The number of ether oxygens (including phenoxy) is 1. The third-order valence-corrected chi connectivity index (χ3v) is 4.97. The van der Waals surface area contributed by atoms with Gasteiger partial charge in [-0.25, -0.2) is 4.68 Å². The Morgan fingerprint density at radius 1 is 1.09 bits per heavy atom. The molecule has 0 aliphatic carbocycles. The van der Waals surface area contributed by atoms with E-state index in [1.807, 2.05) is 0 Å². The molecule has 0 fully saturated rings. The van der Waals surface area contributed by atoms with Gasteiger partial charge in [-0.3, -0.25) is 0 Å². The molecular formula is C22H17F3N5O4-. The fourth-order valence-electron chi connectivity index (χ4n) is 3.45. The lowest BCUT2D eigenvalue weighted by molar-refractivity contribution is -0.256. The lowest BCUT2D eigenvalue weighted by Gasteiger charge is -2.27. The van der Waals surface area contributed by atoms with Crippen molar-refractivity contribution in [2.45, 2.75) is 32.7 Å². The molecule has 4 aromatic rings. The summed E-state index contributed by atoms with van der Waals surface area (Å²) in [7, 11) is 0. The summed E-state index contributed by atoms with van der Waals surface area (Å²) < 4.78 is 52.7. The molecule has 0 atom stereocenters. The van der Waals surface area contributed by atoms with Crippen LogP contribution in [0.1, 0.15) is 35.7 Å². The van der Waals surface area contributed by atoms with Gasteiger partial charge in [0.2, 0.25) is 5.82 Å². The van der Waals surface area contributed by atoms with Crippen molar-refractivity contribution < 1.29 is 32.3 Å². The fourth-order valence-corrected chi connectivity index (χ4v) is 3.45. The minimum atomic E-state index is -4.54. The van der Waals surface area contributed by atoms with E-state index in [2.05, 4.69) is 20.5 Å². The highest BCUT2D eigenvalue weighted by atomic mass is 19.4. The van der Waals surface area contributed by atoms with Crippen LogP contribution < -0.4 is 9.84 Å². The molecule has 12 heteroatoms. The molecule has 4 rings (SSSR count). The number of hydrogen-bond acceptors (Lipinski definition) is 8. The van der Waals surface area contributed by atoms with Gasteiger partial charge in [-0.1, -0.05) is 28.6 Å². The Balaban J connectivity index is 1.59. The summed E-state index contributed by atoms with van der Waals surface area (Å²) in [5.74, 6) is -1.73. The minimum Gasteiger partial charge on any atom is -0.541 e. The van der Waals surface area contributed by atoms with E-state index in [0.717, 1.165) is 6.07 Å². The first-order chi connectivity index (χ1) is 16.0. The molecule has 2 aromatic carbocycles. The monoisotopic (exact) mass is 472 g/mol. The van der Waals surface area contributed by atoms with Crippen molar-refractivity contribution >= 4 is 5.97 Å². The Morgan fingerprint density at radius 2 is 1.76 bits per heavy atom. The van der Waals surface area contributed by atoms with Gasteiger partial charge in [-0.15, -0.1) is 5.10 Å². The highest BCUT2D eigenvalue weighted by Gasteiger charge is 2.35. The van der Waals surface area contributed by atoms with E-state index in [1.54, 1.807) is 45.0 Å². The zero-order valence-corrected chi connectivity index (χ0v) is 18.1. The van der Waals surface area contributed by atoms with E-state index in [4.69, 9.17) is 9.26 Å². The van der Waals surface area contributed by atoms with Crippen molar-refractivity contribution in [2.24, 2.45) is 0 Å². The van der Waals surface area contributed by atoms with Crippen molar-refractivity contribution in [3.05, 3.63) is 65.6 Å². The first-order valence-electron chi connectivity index (χ1n) is 9.91. The summed E-state index contributed by atoms with van der Waals surface area (Å²) in [4.78, 5) is 14.5. The maximum Gasteiger partial charge on any atom is 0.417 e. The van der Waals surface area contributed by atoms with Crippen LogP contribution in [-0.4, -0.2) is 31.1 Å². The van der Waals surface area contributed by atoms with E-state index in [0.29, 0.717) is 17.0 Å². The van der Waals surface area contributed by atoms with Crippen LogP contribution in [-0.2, 0) is 11.9 Å². The highest BCUT2D eigenvalue weighted by molar-refractivity contribution is 5.81. The Labute approximate surface area is 190 Å². The van der Waals surface area contributed by atoms with Crippen LogP contribution in [0.3, 0.4) is 0 Å². The van der Waals surface area contributed by atoms with Crippen LogP contribution in [0.15, 0.2) is 53.1 Å². The quantitative estimate of drug-likeness (QED) is 0.419. The number of carbonyl (C=O) groups excluding carboxylic acids is 1. The standard InChI is InChI=1S/C22H18F3N5O4/c1-12-17(15-6-4-5-7-16(15)22(23,24)25)27-29-30(12)21(2,3)33-14-10-8-13(9-11-14)19-26-18(20(31)32)28-34-19/h4-11H,1-3H3,(H,31,32)/p-1. The Bertz CT molecular complexity index is 1340. The molecule has 2 heterocycles. The average molecular weight is 472 g/mol. The van der Waals surface area contributed by atoms with Gasteiger partial charge >= 0.3 is 6.18 Å². The van der Waals surface area contributed by atoms with Gasteiger partial charge < -0.3 is 19.2 Å². The van der Waals surface area contributed by atoms with Crippen LogP contribution in [0, 0.1) is 6.92 Å². The van der Waals surface area contributed by atoms with E-state index < -0.39 is 29.3 Å². The average Bonchev–Trinajstić information content (AvgIpc) is 3.41. The summed E-state index contributed by atoms with van der Waals surface area (Å²) in [6, 6.07) is 11.5. The van der Waals surface area contributed by atoms with Crippen LogP contribution in [0.4, 0.5) is 13.2 Å². The van der Waals surface area contributed by atoms with Gasteiger partial charge in [-0.2, -0.15) is 18.2 Å². The molecule has 0 saturated heterocycles. The van der Waals surface area contributed by atoms with Crippen LogP contribution in [0.5, 0.6) is 5.75 Å². The molecule has 0 bridgehead atoms. The first kappa shape index (κ1) is 23.0. The number of carboxylic acids is 1. The molecule has 2 aromatic heterocycles. The number of carboxylic acid groups (broad SMARTS) is 1. The molecule has 0 N–H and O–H groups in total. The van der Waals surface area contributed by atoms with Crippen molar-refractivity contribution in [1.29, 1.82) is 0 Å². The number of hydrogen-bond donors (Lipinski definition) is 0. The second-order valence-corrected chi connectivity index (χ2v) is 7.76. The largest absolute Gasteiger partial charge is 0.541 e. The Kier molecular flexibility index (Phi) is 5.59. The van der Waals surface area contributed by atoms with E-state index in [9.17, 15) is 23.1 Å². The molecule has 0 aliphatic rings. The van der Waals surface area contributed by atoms with E-state index >= 15 is 0 Å². The van der Waals surface area contributed by atoms with Crippen LogP contribution >= 0.6 is 0 Å². The molecule has 0 amide bonds. The summed E-state index contributed by atoms with van der Waals surface area (Å²) in [5.41, 5.74) is -1.06. The number of nitrogens with zero attached hydrogens (tertiary/aromatic N) is 5. The molecular weight excluding hydrogens is 455 g/mol. The first-order valence-corrected chi connectivity index (χ1v) is 9.91. The van der Waals surface area contributed by atoms with Gasteiger partial charge in [0.1, 0.15) is 17.4 Å². The summed E-state index contributed by atoms with van der Waals surface area (Å²) in [5, 5.41) is 22.1. The molecule has 0 saturated carbocycles. The smallest absolute Gasteiger partial charge is 0.417 e. The molecule has 176 valence electrons. The number of benzene rings is 2. The molecule has 0 aliphatic heterocycles. The number of alkyl halides is 3. The van der Waals surface area contributed by atoms with Crippen LogP contribution in [0.25, 0.3) is 22.7 Å². The third-order valence-electron chi connectivity index (χ3n) is 4.97. The molecule has 9 nitrogen and oxygen atoms in total. The van der Waals surface area contributed by atoms with E-state index in [-0.39, 0.29) is 17.1 Å². The molecule has 34 heavy (non-hydrogen) atoms. The normalized spacial score (nSPS) is 12.1. The third kappa shape index (κ3) is 4.34. The number of aromatic nitrogens is 5.